The third kappa shape index (κ3) is 3.71. The third-order valence-electron chi connectivity index (χ3n) is 6.86. The van der Waals surface area contributed by atoms with E-state index in [2.05, 4.69) is 15.2 Å². The molecule has 2 N–H and O–H groups in total. The molecule has 0 unspecified atom stereocenters. The highest BCUT2D eigenvalue weighted by Crippen LogP contribution is 2.50. The molecule has 3 saturated heterocycles. The van der Waals surface area contributed by atoms with Crippen molar-refractivity contribution in [3.8, 4) is 0 Å². The molecular formula is C23H25ClN4O4S. The number of thioether (sulfide) groups is 1. The van der Waals surface area contributed by atoms with Crippen molar-refractivity contribution in [1.29, 1.82) is 0 Å². The molecule has 3 atom stereocenters. The Morgan fingerprint density at radius 2 is 1.97 bits per heavy atom. The summed E-state index contributed by atoms with van der Waals surface area (Å²) in [5.74, 6) is -1.62. The maximum atomic E-state index is 13.0. The summed E-state index contributed by atoms with van der Waals surface area (Å²) in [4.78, 5) is 45.3. The van der Waals surface area contributed by atoms with Gasteiger partial charge >= 0.3 is 5.97 Å². The second kappa shape index (κ2) is 8.06. The number of carboxylic acids is 1. The Morgan fingerprint density at radius 3 is 2.67 bits per heavy atom. The van der Waals surface area contributed by atoms with Crippen LogP contribution in [-0.2, 0) is 14.4 Å². The topological polar surface area (TPSA) is 103 Å². The molecule has 0 spiro atoms. The Hall–Kier alpha value is -2.52. The van der Waals surface area contributed by atoms with Crippen LogP contribution in [0.4, 0.5) is 5.69 Å². The van der Waals surface area contributed by atoms with Gasteiger partial charge in [-0.25, -0.2) is 4.79 Å². The second-order valence-electron chi connectivity index (χ2n) is 9.34. The molecule has 2 amide bonds. The summed E-state index contributed by atoms with van der Waals surface area (Å²) in [5.41, 5.74) is 1.91. The number of aromatic nitrogens is 1. The predicted molar refractivity (Wildman–Crippen MR) is 127 cm³/mol. The molecular weight excluding hydrogens is 464 g/mol. The van der Waals surface area contributed by atoms with Crippen molar-refractivity contribution in [2.75, 3.05) is 18.0 Å². The van der Waals surface area contributed by atoms with E-state index in [9.17, 15) is 19.5 Å². The number of amides is 2. The van der Waals surface area contributed by atoms with E-state index in [0.717, 1.165) is 29.7 Å². The van der Waals surface area contributed by atoms with E-state index in [1.807, 2.05) is 38.1 Å². The largest absolute Gasteiger partial charge is 0.480 e. The number of aliphatic carboxylic acids is 1. The Kier molecular flexibility index (Phi) is 5.44. The summed E-state index contributed by atoms with van der Waals surface area (Å²) in [6.07, 6.45) is 3.12. The lowest BCUT2D eigenvalue weighted by molar-refractivity contribution is -0.161. The standard InChI is InChI=1S/C23H25ClN4O4S/c1-23(2)18(22(31)32)28-20(30)17(21(28)33-23)26-19(29)12-6-9-27(10-7-12)16-5-8-25-15-11-13(24)3-4-14(15)16/h3-5,8,11-12,17-18,21H,6-7,9-10H2,1-2H3,(H,26,29)(H,31,32)/t17-,18+,21-/m1/s1. The molecule has 174 valence electrons. The zero-order chi connectivity index (χ0) is 23.5. The van der Waals surface area contributed by atoms with Gasteiger partial charge in [-0.1, -0.05) is 11.6 Å². The number of nitrogens with zero attached hydrogens (tertiary/aromatic N) is 3. The van der Waals surface area contributed by atoms with Crippen LogP contribution in [0, 0.1) is 5.92 Å². The average Bonchev–Trinajstić information content (AvgIpc) is 3.04. The molecule has 3 aliphatic rings. The monoisotopic (exact) mass is 488 g/mol. The van der Waals surface area contributed by atoms with Gasteiger partial charge in [-0.3, -0.25) is 14.6 Å². The Labute approximate surface area is 200 Å². The summed E-state index contributed by atoms with van der Waals surface area (Å²) in [6.45, 7) is 5.09. The molecule has 8 nitrogen and oxygen atoms in total. The van der Waals surface area contributed by atoms with Crippen molar-refractivity contribution in [3.05, 3.63) is 35.5 Å². The van der Waals surface area contributed by atoms with E-state index in [-0.39, 0.29) is 23.1 Å². The first-order valence-electron chi connectivity index (χ1n) is 11.0. The first kappa shape index (κ1) is 22.3. The summed E-state index contributed by atoms with van der Waals surface area (Å²) in [7, 11) is 0. The maximum Gasteiger partial charge on any atom is 0.327 e. The van der Waals surface area contributed by atoms with E-state index in [1.165, 1.54) is 16.7 Å². The van der Waals surface area contributed by atoms with Gasteiger partial charge < -0.3 is 20.2 Å². The fraction of sp³-hybridized carbons (Fsp3) is 0.478. The molecule has 0 radical (unpaired) electrons. The summed E-state index contributed by atoms with van der Waals surface area (Å²) in [6, 6.07) is 6.12. The number of anilines is 1. The molecule has 1 aromatic carbocycles. The van der Waals surface area contributed by atoms with Gasteiger partial charge in [0.15, 0.2) is 0 Å². The number of carbonyl (C=O) groups excluding carboxylic acids is 2. The van der Waals surface area contributed by atoms with Crippen molar-refractivity contribution in [2.24, 2.45) is 5.92 Å². The number of pyridine rings is 1. The molecule has 1 aromatic heterocycles. The smallest absolute Gasteiger partial charge is 0.327 e. The molecule has 5 rings (SSSR count). The van der Waals surface area contributed by atoms with E-state index in [1.54, 1.807) is 6.20 Å². The first-order chi connectivity index (χ1) is 15.7. The lowest BCUT2D eigenvalue weighted by atomic mass is 9.93. The van der Waals surface area contributed by atoms with Crippen LogP contribution < -0.4 is 10.2 Å². The number of rotatable bonds is 4. The van der Waals surface area contributed by atoms with Crippen LogP contribution in [0.3, 0.4) is 0 Å². The normalized spacial score (nSPS) is 26.8. The highest BCUT2D eigenvalue weighted by Gasteiger charge is 2.64. The number of benzene rings is 1. The molecule has 4 heterocycles. The molecule has 0 aliphatic carbocycles. The molecule has 33 heavy (non-hydrogen) atoms. The number of β-lactam (4-membered cyclic amide) rings is 1. The number of carbonyl (C=O) groups is 3. The van der Waals surface area contributed by atoms with Crippen LogP contribution in [-0.4, -0.2) is 68.1 Å². The number of fused-ring (bicyclic) bond motifs is 2. The van der Waals surface area contributed by atoms with E-state index in [4.69, 9.17) is 11.6 Å². The average molecular weight is 489 g/mol. The van der Waals surface area contributed by atoms with Crippen LogP contribution in [0.15, 0.2) is 30.5 Å². The number of nitrogens with one attached hydrogen (secondary N) is 1. The molecule has 0 bridgehead atoms. The van der Waals surface area contributed by atoms with Crippen LogP contribution in [0.2, 0.25) is 5.02 Å². The molecule has 3 fully saturated rings. The van der Waals surface area contributed by atoms with Crippen molar-refractivity contribution >= 4 is 57.7 Å². The van der Waals surface area contributed by atoms with Crippen molar-refractivity contribution in [3.63, 3.8) is 0 Å². The minimum absolute atomic E-state index is 0.129. The molecule has 3 aliphatic heterocycles. The number of hydrogen-bond donors (Lipinski definition) is 2. The van der Waals surface area contributed by atoms with Gasteiger partial charge in [0.1, 0.15) is 17.5 Å². The van der Waals surface area contributed by atoms with Gasteiger partial charge in [-0.05, 0) is 51.0 Å². The SMILES string of the molecule is CC1(C)S[C@@H]2[C@H](NC(=O)C3CCN(c4ccnc5cc(Cl)ccc45)CC3)C(=O)N2[C@H]1C(=O)O. The number of halogens is 1. The number of hydrogen-bond acceptors (Lipinski definition) is 6. The Morgan fingerprint density at radius 1 is 1.24 bits per heavy atom. The van der Waals surface area contributed by atoms with Gasteiger partial charge in [0.25, 0.3) is 0 Å². The van der Waals surface area contributed by atoms with Crippen LogP contribution in [0.5, 0.6) is 0 Å². The van der Waals surface area contributed by atoms with Crippen molar-refractivity contribution < 1.29 is 19.5 Å². The van der Waals surface area contributed by atoms with Crippen molar-refractivity contribution in [2.45, 2.75) is 48.9 Å². The lowest BCUT2D eigenvalue weighted by Gasteiger charge is -2.44. The zero-order valence-corrected chi connectivity index (χ0v) is 19.9. The van der Waals surface area contributed by atoms with Gasteiger partial charge in [0, 0.05) is 46.0 Å². The van der Waals surface area contributed by atoms with Crippen LogP contribution >= 0.6 is 23.4 Å². The maximum absolute atomic E-state index is 13.0. The van der Waals surface area contributed by atoms with Crippen molar-refractivity contribution in [1.82, 2.24) is 15.2 Å². The van der Waals surface area contributed by atoms with E-state index < -0.39 is 22.8 Å². The van der Waals surface area contributed by atoms with Crippen LogP contribution in [0.1, 0.15) is 26.7 Å². The fourth-order valence-corrected chi connectivity index (χ4v) is 6.97. The first-order valence-corrected chi connectivity index (χ1v) is 12.3. The van der Waals surface area contributed by atoms with Gasteiger partial charge in [-0.15, -0.1) is 11.8 Å². The summed E-state index contributed by atoms with van der Waals surface area (Å²) in [5, 5.41) is 13.8. The molecule has 10 heteroatoms. The van der Waals surface area contributed by atoms with Gasteiger partial charge in [0.05, 0.1) is 5.52 Å². The van der Waals surface area contributed by atoms with Gasteiger partial charge in [0.2, 0.25) is 11.8 Å². The summed E-state index contributed by atoms with van der Waals surface area (Å²) < 4.78 is -0.603. The number of piperidine rings is 1. The third-order valence-corrected chi connectivity index (χ3v) is 8.67. The number of carboxylic acid groups (broad SMARTS) is 1. The molecule has 2 aromatic rings. The molecule has 0 saturated carbocycles. The summed E-state index contributed by atoms with van der Waals surface area (Å²) >= 11 is 7.54. The lowest BCUT2D eigenvalue weighted by Crippen LogP contribution is -2.71. The quantitative estimate of drug-likeness (QED) is 0.638. The predicted octanol–water partition coefficient (Wildman–Crippen LogP) is 2.74. The zero-order valence-electron chi connectivity index (χ0n) is 18.3. The minimum atomic E-state index is -1.01. The highest BCUT2D eigenvalue weighted by atomic mass is 35.5. The van der Waals surface area contributed by atoms with E-state index in [0.29, 0.717) is 17.9 Å². The highest BCUT2D eigenvalue weighted by molar-refractivity contribution is 8.01. The fourth-order valence-electron chi connectivity index (χ4n) is 5.18. The van der Waals surface area contributed by atoms with E-state index >= 15 is 0 Å². The van der Waals surface area contributed by atoms with Crippen LogP contribution in [0.25, 0.3) is 10.9 Å². The minimum Gasteiger partial charge on any atom is -0.480 e. The Bertz CT molecular complexity index is 1150. The van der Waals surface area contributed by atoms with Gasteiger partial charge in [-0.2, -0.15) is 0 Å². The Balaban J connectivity index is 1.22. The second-order valence-corrected chi connectivity index (χ2v) is 11.5.